The molecule has 0 heterocycles. The second-order valence-electron chi connectivity index (χ2n) is 7.71. The Morgan fingerprint density at radius 1 is 1.19 bits per heavy atom. The summed E-state index contributed by atoms with van der Waals surface area (Å²) in [6.45, 7) is 9.94. The van der Waals surface area contributed by atoms with Crippen molar-refractivity contribution < 1.29 is 0 Å². The average molecular weight is 288 g/mol. The van der Waals surface area contributed by atoms with Crippen LogP contribution in [-0.4, -0.2) is 24.5 Å². The van der Waals surface area contributed by atoms with Gasteiger partial charge in [-0.05, 0) is 55.8 Å². The topological polar surface area (TPSA) is 29.3 Å². The molecule has 0 amide bonds. The van der Waals surface area contributed by atoms with Crippen molar-refractivity contribution >= 4 is 0 Å². The lowest BCUT2D eigenvalue weighted by Gasteiger charge is -2.34. The van der Waals surface area contributed by atoms with E-state index >= 15 is 0 Å². The molecule has 3 unspecified atom stereocenters. The van der Waals surface area contributed by atoms with E-state index in [4.69, 9.17) is 5.73 Å². The molecule has 1 saturated carbocycles. The summed E-state index contributed by atoms with van der Waals surface area (Å²) in [6, 6.07) is 10.3. The minimum absolute atomic E-state index is 0.226. The number of hydrogen-bond donors (Lipinski definition) is 1. The summed E-state index contributed by atoms with van der Waals surface area (Å²) in [4.78, 5) is 2.54. The average Bonchev–Trinajstić information content (AvgIpc) is 2.93. The highest BCUT2D eigenvalue weighted by Gasteiger charge is 2.31. The molecule has 118 valence electrons. The molecule has 2 N–H and O–H groups in total. The fourth-order valence-electron chi connectivity index (χ4n) is 3.61. The Labute approximate surface area is 130 Å². The number of nitrogens with zero attached hydrogens (tertiary/aromatic N) is 1. The Morgan fingerprint density at radius 3 is 2.33 bits per heavy atom. The SMILES string of the molecule is CC(c1ccc(C(C)(C)C)cc1)N(C)C1CCCC1CN. The highest BCUT2D eigenvalue weighted by molar-refractivity contribution is 5.29. The van der Waals surface area contributed by atoms with Gasteiger partial charge in [-0.3, -0.25) is 4.90 Å². The van der Waals surface area contributed by atoms with Crippen LogP contribution in [-0.2, 0) is 5.41 Å². The zero-order valence-electron chi connectivity index (χ0n) is 14.4. The smallest absolute Gasteiger partial charge is 0.0319 e. The molecule has 1 aliphatic carbocycles. The molecule has 3 atom stereocenters. The van der Waals surface area contributed by atoms with Gasteiger partial charge < -0.3 is 5.73 Å². The molecule has 2 nitrogen and oxygen atoms in total. The molecule has 0 aromatic heterocycles. The van der Waals surface area contributed by atoms with Crippen molar-refractivity contribution in [3.05, 3.63) is 35.4 Å². The molecule has 1 fully saturated rings. The first-order valence-corrected chi connectivity index (χ1v) is 8.37. The Morgan fingerprint density at radius 2 is 1.81 bits per heavy atom. The highest BCUT2D eigenvalue weighted by Crippen LogP contribution is 2.34. The minimum Gasteiger partial charge on any atom is -0.330 e. The van der Waals surface area contributed by atoms with Gasteiger partial charge >= 0.3 is 0 Å². The van der Waals surface area contributed by atoms with Crippen LogP contribution in [0.25, 0.3) is 0 Å². The normalized spacial score (nSPS) is 24.5. The van der Waals surface area contributed by atoms with Crippen LogP contribution < -0.4 is 5.73 Å². The van der Waals surface area contributed by atoms with Crippen LogP contribution >= 0.6 is 0 Å². The van der Waals surface area contributed by atoms with Crippen LogP contribution in [0.2, 0.25) is 0 Å². The largest absolute Gasteiger partial charge is 0.330 e. The Bertz CT molecular complexity index is 444. The zero-order valence-corrected chi connectivity index (χ0v) is 14.4. The van der Waals surface area contributed by atoms with Crippen LogP contribution in [0.3, 0.4) is 0 Å². The van der Waals surface area contributed by atoms with Crippen molar-refractivity contribution in [2.75, 3.05) is 13.6 Å². The predicted octanol–water partition coefficient (Wildman–Crippen LogP) is 4.10. The van der Waals surface area contributed by atoms with Gasteiger partial charge in [-0.2, -0.15) is 0 Å². The lowest BCUT2D eigenvalue weighted by molar-refractivity contribution is 0.152. The molecule has 0 saturated heterocycles. The van der Waals surface area contributed by atoms with E-state index in [9.17, 15) is 0 Å². The summed E-state index contributed by atoms with van der Waals surface area (Å²) >= 11 is 0. The maximum Gasteiger partial charge on any atom is 0.0319 e. The lowest BCUT2D eigenvalue weighted by atomic mass is 9.86. The van der Waals surface area contributed by atoms with Gasteiger partial charge in [0.1, 0.15) is 0 Å². The summed E-state index contributed by atoms with van der Waals surface area (Å²) in [5, 5.41) is 0. The van der Waals surface area contributed by atoms with Crippen LogP contribution in [0.15, 0.2) is 24.3 Å². The lowest BCUT2D eigenvalue weighted by Crippen LogP contribution is -2.39. The van der Waals surface area contributed by atoms with Gasteiger partial charge in [0.15, 0.2) is 0 Å². The van der Waals surface area contributed by atoms with Crippen molar-refractivity contribution in [1.82, 2.24) is 4.90 Å². The zero-order chi connectivity index (χ0) is 15.6. The van der Waals surface area contributed by atoms with Crippen LogP contribution in [0.4, 0.5) is 0 Å². The van der Waals surface area contributed by atoms with Crippen molar-refractivity contribution in [1.29, 1.82) is 0 Å². The molecule has 2 heteroatoms. The summed E-state index contributed by atoms with van der Waals surface area (Å²) < 4.78 is 0. The second-order valence-corrected chi connectivity index (χ2v) is 7.71. The summed E-state index contributed by atoms with van der Waals surface area (Å²) in [5.74, 6) is 0.672. The molecule has 1 aliphatic rings. The van der Waals surface area contributed by atoms with E-state index in [-0.39, 0.29) is 5.41 Å². The van der Waals surface area contributed by atoms with E-state index in [2.05, 4.69) is 63.9 Å². The molecule has 2 rings (SSSR count). The fraction of sp³-hybridized carbons (Fsp3) is 0.684. The molecular formula is C19H32N2. The Kier molecular flexibility index (Phi) is 5.11. The standard InChI is InChI=1S/C19H32N2/c1-14(21(5)18-8-6-7-16(18)13-20)15-9-11-17(12-10-15)19(2,3)4/h9-12,14,16,18H,6-8,13,20H2,1-5H3. The van der Waals surface area contributed by atoms with Gasteiger partial charge in [-0.15, -0.1) is 0 Å². The van der Waals surface area contributed by atoms with Crippen molar-refractivity contribution in [3.63, 3.8) is 0 Å². The monoisotopic (exact) mass is 288 g/mol. The number of rotatable bonds is 4. The number of benzene rings is 1. The summed E-state index contributed by atoms with van der Waals surface area (Å²) in [6.07, 6.45) is 3.91. The first-order valence-electron chi connectivity index (χ1n) is 8.37. The fourth-order valence-corrected chi connectivity index (χ4v) is 3.61. The van der Waals surface area contributed by atoms with Crippen LogP contribution in [0.1, 0.15) is 64.1 Å². The first-order chi connectivity index (χ1) is 9.84. The quantitative estimate of drug-likeness (QED) is 0.903. The van der Waals surface area contributed by atoms with E-state index in [0.717, 1.165) is 6.54 Å². The van der Waals surface area contributed by atoms with Gasteiger partial charge in [-0.25, -0.2) is 0 Å². The van der Waals surface area contributed by atoms with Gasteiger partial charge in [-0.1, -0.05) is 51.5 Å². The third kappa shape index (κ3) is 3.67. The second kappa shape index (κ2) is 6.50. The van der Waals surface area contributed by atoms with Crippen LogP contribution in [0.5, 0.6) is 0 Å². The maximum absolute atomic E-state index is 5.94. The van der Waals surface area contributed by atoms with E-state index in [0.29, 0.717) is 18.0 Å². The minimum atomic E-state index is 0.226. The summed E-state index contributed by atoms with van der Waals surface area (Å²) in [7, 11) is 2.26. The number of nitrogens with two attached hydrogens (primary N) is 1. The van der Waals surface area contributed by atoms with E-state index in [1.54, 1.807) is 0 Å². The molecule has 1 aromatic rings. The molecule has 0 aliphatic heterocycles. The molecule has 0 bridgehead atoms. The third-order valence-electron chi connectivity index (χ3n) is 5.31. The highest BCUT2D eigenvalue weighted by atomic mass is 15.2. The van der Waals surface area contributed by atoms with Gasteiger partial charge in [0, 0.05) is 12.1 Å². The molecule has 1 aromatic carbocycles. The van der Waals surface area contributed by atoms with Crippen molar-refractivity contribution in [2.45, 2.75) is 64.5 Å². The third-order valence-corrected chi connectivity index (χ3v) is 5.31. The van der Waals surface area contributed by atoms with Gasteiger partial charge in [0.05, 0.1) is 0 Å². The van der Waals surface area contributed by atoms with Gasteiger partial charge in [0.2, 0.25) is 0 Å². The van der Waals surface area contributed by atoms with Crippen LogP contribution in [0, 0.1) is 5.92 Å². The molecule has 21 heavy (non-hydrogen) atoms. The molecule has 0 spiro atoms. The van der Waals surface area contributed by atoms with E-state index < -0.39 is 0 Å². The predicted molar refractivity (Wildman–Crippen MR) is 91.5 cm³/mol. The van der Waals surface area contributed by atoms with Gasteiger partial charge in [0.25, 0.3) is 0 Å². The van der Waals surface area contributed by atoms with Crippen molar-refractivity contribution in [2.24, 2.45) is 11.7 Å². The Balaban J connectivity index is 2.10. The molecule has 0 radical (unpaired) electrons. The van der Waals surface area contributed by atoms with Crippen molar-refractivity contribution in [3.8, 4) is 0 Å². The first kappa shape index (κ1) is 16.5. The van der Waals surface area contributed by atoms with E-state index in [1.807, 2.05) is 0 Å². The Hall–Kier alpha value is -0.860. The maximum atomic E-state index is 5.94. The van der Waals surface area contributed by atoms with E-state index in [1.165, 1.54) is 30.4 Å². The molecular weight excluding hydrogens is 256 g/mol. The number of hydrogen-bond acceptors (Lipinski definition) is 2. The summed E-state index contributed by atoms with van der Waals surface area (Å²) in [5.41, 5.74) is 8.98.